The molecule has 1 N–H and O–H groups in total. The van der Waals surface area contributed by atoms with Crippen molar-refractivity contribution in [1.82, 2.24) is 20.0 Å². The minimum atomic E-state index is 0.150. The Hall–Kier alpha value is -1.14. The third kappa shape index (κ3) is 4.18. The molecule has 0 atom stereocenters. The highest BCUT2D eigenvalue weighted by atomic mass is 16.2. The average molecular weight is 268 g/mol. The number of hydrogen-bond donors (Lipinski definition) is 1. The van der Waals surface area contributed by atoms with Crippen LogP contribution in [0, 0.1) is 0 Å². The fourth-order valence-corrected chi connectivity index (χ4v) is 2.61. The van der Waals surface area contributed by atoms with E-state index in [0.29, 0.717) is 6.42 Å². The Morgan fingerprint density at radius 2 is 1.58 bits per heavy atom. The van der Waals surface area contributed by atoms with Gasteiger partial charge >= 0.3 is 0 Å². The van der Waals surface area contributed by atoms with Crippen LogP contribution in [0.25, 0.3) is 0 Å². The first-order valence-corrected chi connectivity index (χ1v) is 7.13. The summed E-state index contributed by atoms with van der Waals surface area (Å²) < 4.78 is 0. The van der Waals surface area contributed by atoms with Crippen molar-refractivity contribution in [3.05, 3.63) is 0 Å². The minimum Gasteiger partial charge on any atom is -0.340 e. The van der Waals surface area contributed by atoms with Gasteiger partial charge in [0.1, 0.15) is 0 Å². The number of amides is 2. The van der Waals surface area contributed by atoms with Crippen LogP contribution >= 0.6 is 0 Å². The van der Waals surface area contributed by atoms with Crippen LogP contribution in [-0.2, 0) is 9.59 Å². The topological polar surface area (TPSA) is 55.9 Å². The Kier molecular flexibility index (Phi) is 5.15. The van der Waals surface area contributed by atoms with Crippen LogP contribution in [0.2, 0.25) is 0 Å². The summed E-state index contributed by atoms with van der Waals surface area (Å²) in [4.78, 5) is 29.3. The molecule has 2 heterocycles. The van der Waals surface area contributed by atoms with E-state index < -0.39 is 0 Å². The number of hydrogen-bond acceptors (Lipinski definition) is 4. The second-order valence-corrected chi connectivity index (χ2v) is 5.23. The Labute approximate surface area is 114 Å². The van der Waals surface area contributed by atoms with Gasteiger partial charge < -0.3 is 15.1 Å². The highest BCUT2D eigenvalue weighted by Crippen LogP contribution is 2.04. The number of carbonyl (C=O) groups excluding carboxylic acids is 2. The van der Waals surface area contributed by atoms with Crippen LogP contribution < -0.4 is 5.32 Å². The van der Waals surface area contributed by atoms with E-state index in [0.717, 1.165) is 58.9 Å². The van der Waals surface area contributed by atoms with E-state index in [2.05, 4.69) is 10.2 Å². The summed E-state index contributed by atoms with van der Waals surface area (Å²) in [5.41, 5.74) is 0. The van der Waals surface area contributed by atoms with Crippen molar-refractivity contribution in [2.24, 2.45) is 0 Å². The predicted molar refractivity (Wildman–Crippen MR) is 72.8 cm³/mol. The maximum Gasteiger partial charge on any atom is 0.223 e. The van der Waals surface area contributed by atoms with E-state index in [9.17, 15) is 9.59 Å². The predicted octanol–water partition coefficient (Wildman–Crippen LogP) is -1.03. The van der Waals surface area contributed by atoms with Gasteiger partial charge in [0.15, 0.2) is 0 Å². The molecule has 2 rings (SSSR count). The van der Waals surface area contributed by atoms with Crippen molar-refractivity contribution in [1.29, 1.82) is 0 Å². The fraction of sp³-hybridized carbons (Fsp3) is 0.846. The van der Waals surface area contributed by atoms with Gasteiger partial charge in [0.05, 0.1) is 0 Å². The number of nitrogens with one attached hydrogen (secondary N) is 1. The summed E-state index contributed by atoms with van der Waals surface area (Å²) in [5.74, 6) is 0.409. The van der Waals surface area contributed by atoms with Gasteiger partial charge in [0.25, 0.3) is 0 Å². The zero-order valence-corrected chi connectivity index (χ0v) is 11.7. The smallest absolute Gasteiger partial charge is 0.223 e. The average Bonchev–Trinajstić information content (AvgIpc) is 2.46. The molecule has 0 aromatic carbocycles. The van der Waals surface area contributed by atoms with E-state index in [-0.39, 0.29) is 11.8 Å². The summed E-state index contributed by atoms with van der Waals surface area (Å²) in [5, 5.41) is 3.25. The van der Waals surface area contributed by atoms with E-state index >= 15 is 0 Å². The zero-order chi connectivity index (χ0) is 13.7. The van der Waals surface area contributed by atoms with Crippen LogP contribution in [0.5, 0.6) is 0 Å². The summed E-state index contributed by atoms with van der Waals surface area (Å²) in [6, 6.07) is 0. The van der Waals surface area contributed by atoms with Gasteiger partial charge in [-0.15, -0.1) is 0 Å². The highest BCUT2D eigenvalue weighted by Gasteiger charge is 2.21. The van der Waals surface area contributed by atoms with Crippen LogP contribution in [0.1, 0.15) is 13.3 Å². The second kappa shape index (κ2) is 6.86. The first kappa shape index (κ1) is 14.3. The lowest BCUT2D eigenvalue weighted by atomic mass is 10.2. The molecule has 2 saturated heterocycles. The second-order valence-electron chi connectivity index (χ2n) is 5.23. The lowest BCUT2D eigenvalue weighted by molar-refractivity contribution is -0.133. The SMILES string of the molecule is CC(=O)N1CCN(CCC(=O)N2CCNCC2)CC1. The molecule has 2 fully saturated rings. The lowest BCUT2D eigenvalue weighted by Crippen LogP contribution is -2.50. The van der Waals surface area contributed by atoms with E-state index in [1.165, 1.54) is 0 Å². The maximum atomic E-state index is 12.0. The van der Waals surface area contributed by atoms with Crippen molar-refractivity contribution in [2.45, 2.75) is 13.3 Å². The van der Waals surface area contributed by atoms with Crippen molar-refractivity contribution < 1.29 is 9.59 Å². The van der Waals surface area contributed by atoms with Crippen molar-refractivity contribution in [3.8, 4) is 0 Å². The van der Waals surface area contributed by atoms with E-state index in [1.54, 1.807) is 6.92 Å². The molecule has 2 aliphatic rings. The van der Waals surface area contributed by atoms with E-state index in [4.69, 9.17) is 0 Å². The monoisotopic (exact) mass is 268 g/mol. The Bertz CT molecular complexity index is 321. The molecule has 2 aliphatic heterocycles. The summed E-state index contributed by atoms with van der Waals surface area (Å²) in [6.45, 7) is 9.25. The Morgan fingerprint density at radius 3 is 2.16 bits per heavy atom. The molecule has 0 saturated carbocycles. The summed E-state index contributed by atoms with van der Waals surface area (Å²) in [7, 11) is 0. The van der Waals surface area contributed by atoms with Crippen molar-refractivity contribution in [2.75, 3.05) is 58.9 Å². The van der Waals surface area contributed by atoms with Gasteiger partial charge in [-0.05, 0) is 0 Å². The normalized spacial score (nSPS) is 21.5. The molecule has 0 radical (unpaired) electrons. The van der Waals surface area contributed by atoms with Crippen LogP contribution in [0.3, 0.4) is 0 Å². The minimum absolute atomic E-state index is 0.150. The summed E-state index contributed by atoms with van der Waals surface area (Å²) in [6.07, 6.45) is 0.597. The molecule has 0 bridgehead atoms. The highest BCUT2D eigenvalue weighted by molar-refractivity contribution is 5.76. The van der Waals surface area contributed by atoms with Crippen LogP contribution in [0.4, 0.5) is 0 Å². The van der Waals surface area contributed by atoms with Gasteiger partial charge in [-0.3, -0.25) is 14.5 Å². The van der Waals surface area contributed by atoms with Gasteiger partial charge in [0, 0.05) is 72.2 Å². The van der Waals surface area contributed by atoms with E-state index in [1.807, 2.05) is 9.80 Å². The number of nitrogens with zero attached hydrogens (tertiary/aromatic N) is 3. The molecule has 6 nitrogen and oxygen atoms in total. The number of rotatable bonds is 3. The zero-order valence-electron chi connectivity index (χ0n) is 11.7. The van der Waals surface area contributed by atoms with Gasteiger partial charge in [-0.2, -0.15) is 0 Å². The molecule has 6 heteroatoms. The number of piperazine rings is 2. The Balaban J connectivity index is 1.66. The Morgan fingerprint density at radius 1 is 0.947 bits per heavy atom. The first-order valence-electron chi connectivity index (χ1n) is 7.13. The molecule has 108 valence electrons. The lowest BCUT2D eigenvalue weighted by Gasteiger charge is -2.34. The molecular formula is C13H24N4O2. The first-order chi connectivity index (χ1) is 9.16. The molecule has 0 aromatic heterocycles. The van der Waals surface area contributed by atoms with Gasteiger partial charge in [-0.25, -0.2) is 0 Å². The molecule has 19 heavy (non-hydrogen) atoms. The quantitative estimate of drug-likeness (QED) is 0.711. The molecule has 2 amide bonds. The van der Waals surface area contributed by atoms with Crippen LogP contribution in [0.15, 0.2) is 0 Å². The molecule has 0 spiro atoms. The van der Waals surface area contributed by atoms with Gasteiger partial charge in [0.2, 0.25) is 11.8 Å². The largest absolute Gasteiger partial charge is 0.340 e. The van der Waals surface area contributed by atoms with Crippen LogP contribution in [-0.4, -0.2) is 85.4 Å². The van der Waals surface area contributed by atoms with Crippen molar-refractivity contribution in [3.63, 3.8) is 0 Å². The molecule has 0 unspecified atom stereocenters. The summed E-state index contributed by atoms with van der Waals surface area (Å²) >= 11 is 0. The van der Waals surface area contributed by atoms with Crippen molar-refractivity contribution >= 4 is 11.8 Å². The standard InChI is InChI=1S/C13H24N4O2/c1-12(18)16-10-8-15(9-11-16)5-2-13(19)17-6-3-14-4-7-17/h14H,2-11H2,1H3. The third-order valence-corrected chi connectivity index (χ3v) is 3.93. The number of carbonyl (C=O) groups is 2. The van der Waals surface area contributed by atoms with Gasteiger partial charge in [-0.1, -0.05) is 0 Å². The maximum absolute atomic E-state index is 12.0. The molecular weight excluding hydrogens is 244 g/mol. The molecule has 0 aromatic rings. The fourth-order valence-electron chi connectivity index (χ4n) is 2.61. The molecule has 0 aliphatic carbocycles. The third-order valence-electron chi connectivity index (χ3n) is 3.93.